The van der Waals surface area contributed by atoms with Gasteiger partial charge >= 0.3 is 0 Å². The topological polar surface area (TPSA) is 33.0 Å². The summed E-state index contributed by atoms with van der Waals surface area (Å²) < 4.78 is 30.8. The van der Waals surface area contributed by atoms with Crippen molar-refractivity contribution in [1.29, 1.82) is 5.26 Å². The van der Waals surface area contributed by atoms with E-state index in [4.69, 9.17) is 10.00 Å². The summed E-state index contributed by atoms with van der Waals surface area (Å²) in [5, 5.41) is 8.67. The molecule has 4 heteroatoms. The summed E-state index contributed by atoms with van der Waals surface area (Å²) in [5.74, 6) is -1.93. The van der Waals surface area contributed by atoms with E-state index in [9.17, 15) is 8.78 Å². The molecule has 0 heterocycles. The maximum atomic E-state index is 12.8. The fraction of sp³-hybridized carbons (Fsp3) is 0.364. The summed E-state index contributed by atoms with van der Waals surface area (Å²) in [6.07, 6.45) is 1.75. The van der Waals surface area contributed by atoms with Crippen molar-refractivity contribution in [2.75, 3.05) is 6.61 Å². The molecule has 0 atom stereocenters. The summed E-state index contributed by atoms with van der Waals surface area (Å²) in [4.78, 5) is 0. The van der Waals surface area contributed by atoms with Gasteiger partial charge in [-0.2, -0.15) is 5.26 Å². The number of rotatable bonds is 4. The lowest BCUT2D eigenvalue weighted by molar-refractivity contribution is 0.305. The van der Waals surface area contributed by atoms with E-state index in [1.54, 1.807) is 6.07 Å². The van der Waals surface area contributed by atoms with Crippen molar-refractivity contribution in [3.05, 3.63) is 29.3 Å². The van der Waals surface area contributed by atoms with Crippen LogP contribution in [0.15, 0.2) is 12.1 Å². The standard InChI is InChI=1S/C11H11F2NO/c1-2-3-4-15-11-6-10(13)9(12)5-8(11)7-14/h5-6H,2-4H2,1H3. The summed E-state index contributed by atoms with van der Waals surface area (Å²) in [6, 6.07) is 3.51. The second-order valence-corrected chi connectivity index (χ2v) is 3.08. The molecule has 80 valence electrons. The molecule has 0 amide bonds. The molecule has 1 aromatic rings. The van der Waals surface area contributed by atoms with Crippen LogP contribution < -0.4 is 4.74 Å². The van der Waals surface area contributed by atoms with Crippen molar-refractivity contribution in [2.24, 2.45) is 0 Å². The van der Waals surface area contributed by atoms with Crippen molar-refractivity contribution in [3.63, 3.8) is 0 Å². The molecule has 0 unspecified atom stereocenters. The van der Waals surface area contributed by atoms with Crippen molar-refractivity contribution in [3.8, 4) is 11.8 Å². The molecule has 0 N–H and O–H groups in total. The maximum Gasteiger partial charge on any atom is 0.162 e. The number of hydrogen-bond acceptors (Lipinski definition) is 2. The average Bonchev–Trinajstić information content (AvgIpc) is 2.23. The molecule has 0 saturated heterocycles. The quantitative estimate of drug-likeness (QED) is 0.717. The number of unbranched alkanes of at least 4 members (excludes halogenated alkanes) is 1. The van der Waals surface area contributed by atoms with E-state index in [-0.39, 0.29) is 11.3 Å². The fourth-order valence-electron chi connectivity index (χ4n) is 1.06. The van der Waals surface area contributed by atoms with Crippen molar-refractivity contribution < 1.29 is 13.5 Å². The predicted octanol–water partition coefficient (Wildman–Crippen LogP) is 3.02. The Morgan fingerprint density at radius 2 is 2.00 bits per heavy atom. The highest BCUT2D eigenvalue weighted by Gasteiger charge is 2.10. The molecule has 0 saturated carbocycles. The molecule has 1 aromatic carbocycles. The zero-order chi connectivity index (χ0) is 11.3. The molecule has 2 nitrogen and oxygen atoms in total. The first-order valence-electron chi connectivity index (χ1n) is 4.71. The molecule has 0 bridgehead atoms. The Morgan fingerprint density at radius 3 is 2.60 bits per heavy atom. The zero-order valence-corrected chi connectivity index (χ0v) is 8.39. The van der Waals surface area contributed by atoms with Crippen molar-refractivity contribution in [1.82, 2.24) is 0 Å². The van der Waals surface area contributed by atoms with Gasteiger partial charge < -0.3 is 4.74 Å². The minimum absolute atomic E-state index is 0.0185. The lowest BCUT2D eigenvalue weighted by atomic mass is 10.2. The van der Waals surface area contributed by atoms with Gasteiger partial charge in [-0.3, -0.25) is 0 Å². The van der Waals surface area contributed by atoms with Gasteiger partial charge in [0, 0.05) is 6.07 Å². The minimum Gasteiger partial charge on any atom is -0.492 e. The van der Waals surface area contributed by atoms with Gasteiger partial charge in [-0.1, -0.05) is 13.3 Å². The molecule has 0 aliphatic rings. The van der Waals surface area contributed by atoms with E-state index in [2.05, 4.69) is 0 Å². The van der Waals surface area contributed by atoms with Crippen LogP contribution >= 0.6 is 0 Å². The number of nitrogens with zero attached hydrogens (tertiary/aromatic N) is 1. The van der Waals surface area contributed by atoms with Gasteiger partial charge in [0.1, 0.15) is 11.8 Å². The maximum absolute atomic E-state index is 12.8. The van der Waals surface area contributed by atoms with Crippen LogP contribution in [0.2, 0.25) is 0 Å². The highest BCUT2D eigenvalue weighted by Crippen LogP contribution is 2.21. The molecule has 0 aliphatic carbocycles. The first kappa shape index (κ1) is 11.4. The highest BCUT2D eigenvalue weighted by molar-refractivity contribution is 5.43. The summed E-state index contributed by atoms with van der Waals surface area (Å²) >= 11 is 0. The van der Waals surface area contributed by atoms with Crippen LogP contribution in [-0.4, -0.2) is 6.61 Å². The molecule has 0 aromatic heterocycles. The van der Waals surface area contributed by atoms with Gasteiger partial charge in [0.2, 0.25) is 0 Å². The van der Waals surface area contributed by atoms with Gasteiger partial charge in [-0.25, -0.2) is 8.78 Å². The Hall–Kier alpha value is -1.63. The first-order chi connectivity index (χ1) is 7.19. The molecule has 15 heavy (non-hydrogen) atoms. The van der Waals surface area contributed by atoms with E-state index in [0.717, 1.165) is 25.0 Å². The highest BCUT2D eigenvalue weighted by atomic mass is 19.2. The van der Waals surface area contributed by atoms with Crippen LogP contribution in [0, 0.1) is 23.0 Å². The van der Waals surface area contributed by atoms with Gasteiger partial charge in [-0.15, -0.1) is 0 Å². The minimum atomic E-state index is -1.03. The molecule has 0 spiro atoms. The number of nitriles is 1. The second kappa shape index (κ2) is 5.30. The van der Waals surface area contributed by atoms with Gasteiger partial charge in [0.05, 0.1) is 12.2 Å². The Kier molecular flexibility index (Phi) is 4.04. The fourth-order valence-corrected chi connectivity index (χ4v) is 1.06. The van der Waals surface area contributed by atoms with E-state index in [1.165, 1.54) is 0 Å². The Bertz CT molecular complexity index is 385. The monoisotopic (exact) mass is 211 g/mol. The van der Waals surface area contributed by atoms with Crippen LogP contribution in [0.3, 0.4) is 0 Å². The third-order valence-electron chi connectivity index (χ3n) is 1.90. The Labute approximate surface area is 87.1 Å². The second-order valence-electron chi connectivity index (χ2n) is 3.08. The number of ether oxygens (including phenoxy) is 1. The third-order valence-corrected chi connectivity index (χ3v) is 1.90. The van der Waals surface area contributed by atoms with Crippen LogP contribution in [0.5, 0.6) is 5.75 Å². The van der Waals surface area contributed by atoms with Crippen LogP contribution in [0.1, 0.15) is 25.3 Å². The lowest BCUT2D eigenvalue weighted by Gasteiger charge is -2.07. The van der Waals surface area contributed by atoms with Crippen LogP contribution in [-0.2, 0) is 0 Å². The van der Waals surface area contributed by atoms with E-state index in [0.29, 0.717) is 6.61 Å². The van der Waals surface area contributed by atoms with Gasteiger partial charge in [-0.05, 0) is 12.5 Å². The van der Waals surface area contributed by atoms with Crippen molar-refractivity contribution >= 4 is 0 Å². The number of halogens is 2. The van der Waals surface area contributed by atoms with E-state index in [1.807, 2.05) is 6.92 Å². The smallest absolute Gasteiger partial charge is 0.162 e. The lowest BCUT2D eigenvalue weighted by Crippen LogP contribution is -2.00. The molecule has 0 radical (unpaired) electrons. The summed E-state index contributed by atoms with van der Waals surface area (Å²) in [5.41, 5.74) is 0.0185. The molecule has 0 fully saturated rings. The van der Waals surface area contributed by atoms with Crippen LogP contribution in [0.4, 0.5) is 8.78 Å². The zero-order valence-electron chi connectivity index (χ0n) is 8.39. The molecule has 1 rings (SSSR count). The predicted molar refractivity (Wildman–Crippen MR) is 51.5 cm³/mol. The summed E-state index contributed by atoms with van der Waals surface area (Å²) in [6.45, 7) is 2.38. The van der Waals surface area contributed by atoms with Crippen LogP contribution in [0.25, 0.3) is 0 Å². The van der Waals surface area contributed by atoms with E-state index >= 15 is 0 Å². The SMILES string of the molecule is CCCCOc1cc(F)c(F)cc1C#N. The molecular weight excluding hydrogens is 200 g/mol. The van der Waals surface area contributed by atoms with Gasteiger partial charge in [0.25, 0.3) is 0 Å². The normalized spacial score (nSPS) is 9.73. The average molecular weight is 211 g/mol. The number of hydrogen-bond donors (Lipinski definition) is 0. The molecule has 0 aliphatic heterocycles. The Morgan fingerprint density at radius 1 is 1.33 bits per heavy atom. The van der Waals surface area contributed by atoms with Crippen molar-refractivity contribution in [2.45, 2.75) is 19.8 Å². The first-order valence-corrected chi connectivity index (χ1v) is 4.71. The molecular formula is C11H11F2NO. The summed E-state index contributed by atoms with van der Waals surface area (Å²) in [7, 11) is 0. The largest absolute Gasteiger partial charge is 0.492 e. The van der Waals surface area contributed by atoms with Gasteiger partial charge in [0.15, 0.2) is 11.6 Å². The Balaban J connectivity index is 2.86. The van der Waals surface area contributed by atoms with E-state index < -0.39 is 11.6 Å². The third kappa shape index (κ3) is 2.91. The number of benzene rings is 1.